The molecule has 7 heteroatoms. The minimum Gasteiger partial charge on any atom is -0.384 e. The second-order valence-corrected chi connectivity index (χ2v) is 6.89. The van der Waals surface area contributed by atoms with Gasteiger partial charge in [0, 0.05) is 0 Å². The van der Waals surface area contributed by atoms with E-state index >= 15 is 0 Å². The smallest absolute Gasteiger partial charge is 0.149 e. The summed E-state index contributed by atoms with van der Waals surface area (Å²) in [5.41, 5.74) is -0.242. The Labute approximate surface area is 150 Å². The zero-order valence-corrected chi connectivity index (χ0v) is 16.0. The second-order valence-electron chi connectivity index (χ2n) is 5.27. The van der Waals surface area contributed by atoms with Gasteiger partial charge < -0.3 is 5.11 Å². The Kier molecular flexibility index (Phi) is 6.98. The predicted octanol–water partition coefficient (Wildman–Crippen LogP) is 5.23. The quantitative estimate of drug-likeness (QED) is 0.638. The summed E-state index contributed by atoms with van der Waals surface area (Å²) in [7, 11) is 0. The molecular weight excluding hydrogens is 434 g/mol. The maximum Gasteiger partial charge on any atom is 0.149 e. The van der Waals surface area contributed by atoms with Crippen molar-refractivity contribution in [2.24, 2.45) is 0 Å². The van der Waals surface area contributed by atoms with Crippen LogP contribution in [0.1, 0.15) is 32.2 Å². The van der Waals surface area contributed by atoms with E-state index in [0.29, 0.717) is 20.5 Å². The fourth-order valence-corrected chi connectivity index (χ4v) is 2.18. The minimum atomic E-state index is -1.24. The van der Waals surface area contributed by atoms with Crippen molar-refractivity contribution in [1.29, 1.82) is 0 Å². The van der Waals surface area contributed by atoms with Crippen LogP contribution in [0.5, 0.6) is 0 Å². The number of halogens is 4. The van der Waals surface area contributed by atoms with Crippen molar-refractivity contribution >= 4 is 37.4 Å². The van der Waals surface area contributed by atoms with Crippen molar-refractivity contribution in [3.63, 3.8) is 0 Å². The Morgan fingerprint density at radius 2 is 1.52 bits per heavy atom. The molecular formula is C16H16Br2F2N2O. The van der Waals surface area contributed by atoms with E-state index in [-0.39, 0.29) is 11.5 Å². The van der Waals surface area contributed by atoms with Crippen LogP contribution in [-0.4, -0.2) is 15.1 Å². The summed E-state index contributed by atoms with van der Waals surface area (Å²) in [6.45, 7) is 8.31. The van der Waals surface area contributed by atoms with Crippen LogP contribution in [0.2, 0.25) is 0 Å². The summed E-state index contributed by atoms with van der Waals surface area (Å²) < 4.78 is 27.0. The van der Waals surface area contributed by atoms with Gasteiger partial charge in [0.05, 0.1) is 0 Å². The first-order chi connectivity index (χ1) is 10.5. The van der Waals surface area contributed by atoms with E-state index in [4.69, 9.17) is 0 Å². The molecule has 0 aliphatic carbocycles. The van der Waals surface area contributed by atoms with Gasteiger partial charge in [0.15, 0.2) is 0 Å². The number of hydrogen-bond acceptors (Lipinski definition) is 3. The largest absolute Gasteiger partial charge is 0.384 e. The molecule has 0 spiro atoms. The lowest BCUT2D eigenvalue weighted by Gasteiger charge is -2.16. The van der Waals surface area contributed by atoms with Crippen molar-refractivity contribution in [3.8, 4) is 0 Å². The van der Waals surface area contributed by atoms with Crippen molar-refractivity contribution in [3.05, 3.63) is 63.1 Å². The van der Waals surface area contributed by atoms with Crippen molar-refractivity contribution in [2.75, 3.05) is 0 Å². The monoisotopic (exact) mass is 448 g/mol. The van der Waals surface area contributed by atoms with Gasteiger partial charge in [-0.2, -0.15) is 0 Å². The van der Waals surface area contributed by atoms with E-state index < -0.39 is 11.4 Å². The summed E-state index contributed by atoms with van der Waals surface area (Å²) >= 11 is 6.25. The van der Waals surface area contributed by atoms with Gasteiger partial charge >= 0.3 is 0 Å². The Morgan fingerprint density at radius 3 is 1.91 bits per heavy atom. The van der Waals surface area contributed by atoms with Crippen LogP contribution in [-0.2, 0) is 5.60 Å². The number of pyridine rings is 2. The van der Waals surface area contributed by atoms with Gasteiger partial charge in [0.25, 0.3) is 0 Å². The SMILES string of the molecule is C=C(C)c1nc(Br)ccc1F.CC(C)(O)c1nc(Br)ccc1F. The number of rotatable bonds is 2. The maximum atomic E-state index is 13.0. The van der Waals surface area contributed by atoms with Crippen LogP contribution < -0.4 is 0 Å². The molecule has 0 amide bonds. The molecule has 2 aromatic rings. The normalized spacial score (nSPS) is 10.8. The molecule has 0 bridgehead atoms. The lowest BCUT2D eigenvalue weighted by molar-refractivity contribution is 0.0693. The first kappa shape index (κ1) is 19.9. The first-order valence-corrected chi connectivity index (χ1v) is 8.13. The molecule has 2 rings (SSSR count). The van der Waals surface area contributed by atoms with Gasteiger partial charge in [-0.25, -0.2) is 18.7 Å². The Morgan fingerprint density at radius 1 is 1.04 bits per heavy atom. The first-order valence-electron chi connectivity index (χ1n) is 6.55. The van der Waals surface area contributed by atoms with E-state index in [1.165, 1.54) is 32.0 Å². The Hall–Kier alpha value is -1.18. The van der Waals surface area contributed by atoms with Crippen molar-refractivity contribution < 1.29 is 13.9 Å². The molecule has 0 aliphatic heterocycles. The lowest BCUT2D eigenvalue weighted by atomic mass is 10.0. The summed E-state index contributed by atoms with van der Waals surface area (Å²) in [4.78, 5) is 7.75. The molecule has 0 radical (unpaired) electrons. The third-order valence-corrected chi connectivity index (χ3v) is 3.49. The maximum absolute atomic E-state index is 13.0. The fourth-order valence-electron chi connectivity index (χ4n) is 1.57. The van der Waals surface area contributed by atoms with Crippen LogP contribution in [0.25, 0.3) is 5.57 Å². The zero-order chi connectivity index (χ0) is 17.8. The molecule has 3 nitrogen and oxygen atoms in total. The van der Waals surface area contributed by atoms with Gasteiger partial charge in [-0.3, -0.25) is 0 Å². The highest BCUT2D eigenvalue weighted by Gasteiger charge is 2.22. The zero-order valence-electron chi connectivity index (χ0n) is 12.9. The minimum absolute atomic E-state index is 0.0527. The standard InChI is InChI=1S/C8H9BrFNO.C8H7BrFN/c1-8(2,12)7-5(10)3-4-6(9)11-7;1-5(2)8-6(10)3-4-7(9)11-8/h3-4,12H,1-2H3;3-4H,1H2,2H3. The Balaban J connectivity index is 0.000000231. The highest BCUT2D eigenvalue weighted by Crippen LogP contribution is 2.22. The van der Waals surface area contributed by atoms with Crippen molar-refractivity contribution in [1.82, 2.24) is 9.97 Å². The topological polar surface area (TPSA) is 46.0 Å². The molecule has 23 heavy (non-hydrogen) atoms. The molecule has 0 saturated carbocycles. The summed E-state index contributed by atoms with van der Waals surface area (Å²) in [6, 6.07) is 5.68. The lowest BCUT2D eigenvalue weighted by Crippen LogP contribution is -2.19. The van der Waals surface area contributed by atoms with E-state index in [0.717, 1.165) is 0 Å². The third kappa shape index (κ3) is 6.08. The average molecular weight is 450 g/mol. The molecule has 2 heterocycles. The molecule has 0 aliphatic rings. The molecule has 0 saturated heterocycles. The fraction of sp³-hybridized carbons (Fsp3) is 0.250. The molecule has 0 atom stereocenters. The van der Waals surface area contributed by atoms with Crippen LogP contribution in [0, 0.1) is 11.6 Å². The van der Waals surface area contributed by atoms with Crippen LogP contribution >= 0.6 is 31.9 Å². The van der Waals surface area contributed by atoms with E-state index in [1.807, 2.05) is 0 Å². The van der Waals surface area contributed by atoms with Gasteiger partial charge in [-0.1, -0.05) is 6.58 Å². The summed E-state index contributed by atoms with van der Waals surface area (Å²) in [6.07, 6.45) is 0. The molecule has 124 valence electrons. The summed E-state index contributed by atoms with van der Waals surface area (Å²) in [5, 5.41) is 9.47. The van der Waals surface area contributed by atoms with E-state index in [9.17, 15) is 13.9 Å². The number of allylic oxidation sites excluding steroid dienone is 1. The van der Waals surface area contributed by atoms with Crippen LogP contribution in [0.4, 0.5) is 8.78 Å². The van der Waals surface area contributed by atoms with Gasteiger partial charge in [0.1, 0.15) is 37.8 Å². The summed E-state index contributed by atoms with van der Waals surface area (Å²) in [5.74, 6) is -0.827. The number of nitrogens with zero attached hydrogens (tertiary/aromatic N) is 2. The van der Waals surface area contributed by atoms with Gasteiger partial charge in [-0.05, 0) is 82.5 Å². The Bertz CT molecular complexity index is 716. The highest BCUT2D eigenvalue weighted by atomic mass is 79.9. The molecule has 0 fully saturated rings. The van der Waals surface area contributed by atoms with Crippen molar-refractivity contribution in [2.45, 2.75) is 26.4 Å². The number of aliphatic hydroxyl groups is 1. The third-order valence-electron chi connectivity index (χ3n) is 2.61. The number of aromatic nitrogens is 2. The van der Waals surface area contributed by atoms with E-state index in [1.54, 1.807) is 13.0 Å². The predicted molar refractivity (Wildman–Crippen MR) is 93.7 cm³/mol. The van der Waals surface area contributed by atoms with Gasteiger partial charge in [-0.15, -0.1) is 0 Å². The highest BCUT2D eigenvalue weighted by molar-refractivity contribution is 9.10. The molecule has 0 aromatic carbocycles. The van der Waals surface area contributed by atoms with Crippen LogP contribution in [0.15, 0.2) is 40.1 Å². The number of hydrogen-bond donors (Lipinski definition) is 1. The second kappa shape index (κ2) is 8.08. The molecule has 0 unspecified atom stereocenters. The molecule has 1 N–H and O–H groups in total. The van der Waals surface area contributed by atoms with E-state index in [2.05, 4.69) is 48.4 Å². The van der Waals surface area contributed by atoms with Crippen LogP contribution in [0.3, 0.4) is 0 Å². The van der Waals surface area contributed by atoms with Gasteiger partial charge in [0.2, 0.25) is 0 Å². The molecule has 2 aromatic heterocycles. The average Bonchev–Trinajstić information content (AvgIpc) is 2.43.